The molecule has 0 aromatic heterocycles. The van der Waals surface area contributed by atoms with E-state index in [1.807, 2.05) is 0 Å². The van der Waals surface area contributed by atoms with E-state index < -0.39 is 4.92 Å². The molecule has 1 N–H and O–H groups in total. The number of nitrogens with zero attached hydrogens (tertiary/aromatic N) is 1. The molecule has 1 radical (unpaired) electrons. The molecule has 2 aromatic rings. The highest BCUT2D eigenvalue weighted by Gasteiger charge is 2.14. The number of hydrogen-bond donors (Lipinski definition) is 1. The molecule has 0 aliphatic carbocycles. The molecule has 0 aliphatic heterocycles. The van der Waals surface area contributed by atoms with Crippen molar-refractivity contribution in [2.24, 2.45) is 0 Å². The zero-order valence-electron chi connectivity index (χ0n) is 7.10. The Kier molecular flexibility index (Phi) is 1.81. The Labute approximate surface area is 79.6 Å². The van der Waals surface area contributed by atoms with Crippen LogP contribution in [-0.2, 0) is 0 Å². The Hall–Kier alpha value is -2.10. The van der Waals surface area contributed by atoms with E-state index in [1.165, 1.54) is 6.07 Å². The average molecular weight is 188 g/mol. The summed E-state index contributed by atoms with van der Waals surface area (Å²) in [5, 5.41) is 21.1. The first-order chi connectivity index (χ1) is 6.68. The molecule has 0 spiro atoms. The first-order valence-corrected chi connectivity index (χ1v) is 3.97. The number of hydrogen-bond acceptors (Lipinski definition) is 3. The summed E-state index contributed by atoms with van der Waals surface area (Å²) in [4.78, 5) is 9.83. The second-order valence-corrected chi connectivity index (χ2v) is 2.85. The van der Waals surface area contributed by atoms with Gasteiger partial charge in [0.05, 0.1) is 11.0 Å². The summed E-state index contributed by atoms with van der Waals surface area (Å²) in [6.45, 7) is 0. The number of fused-ring (bicyclic) bond motifs is 1. The lowest BCUT2D eigenvalue weighted by atomic mass is 10.1. The number of nitro groups is 1. The number of rotatable bonds is 1. The van der Waals surface area contributed by atoms with Crippen LogP contribution < -0.4 is 0 Å². The summed E-state index contributed by atoms with van der Waals surface area (Å²) in [5.41, 5.74) is -0.385. The van der Waals surface area contributed by atoms with E-state index in [9.17, 15) is 15.2 Å². The van der Waals surface area contributed by atoms with Gasteiger partial charge in [-0.25, -0.2) is 0 Å². The Morgan fingerprint density at radius 1 is 1.36 bits per heavy atom. The molecule has 69 valence electrons. The Morgan fingerprint density at radius 2 is 2.07 bits per heavy atom. The molecule has 0 fully saturated rings. The number of nitro benzene ring substituents is 1. The van der Waals surface area contributed by atoms with Crippen molar-refractivity contribution in [3.8, 4) is 5.75 Å². The van der Waals surface area contributed by atoms with Gasteiger partial charge in [0.1, 0.15) is 0 Å². The van der Waals surface area contributed by atoms with Gasteiger partial charge in [-0.15, -0.1) is 0 Å². The third kappa shape index (κ3) is 1.26. The SMILES string of the molecule is O=[N+]([O-])c1[c]c2ccccc2cc1O. The molecule has 0 saturated carbocycles. The van der Waals surface area contributed by atoms with E-state index in [0.717, 1.165) is 5.39 Å². The van der Waals surface area contributed by atoms with E-state index in [4.69, 9.17) is 0 Å². The van der Waals surface area contributed by atoms with E-state index in [1.54, 1.807) is 24.3 Å². The zero-order chi connectivity index (χ0) is 10.1. The predicted molar refractivity (Wildman–Crippen MR) is 51.1 cm³/mol. The first-order valence-electron chi connectivity index (χ1n) is 3.97. The second-order valence-electron chi connectivity index (χ2n) is 2.85. The van der Waals surface area contributed by atoms with Crippen LogP contribution in [0.1, 0.15) is 0 Å². The van der Waals surface area contributed by atoms with Gasteiger partial charge in [0.25, 0.3) is 0 Å². The molecule has 14 heavy (non-hydrogen) atoms. The maximum absolute atomic E-state index is 10.5. The monoisotopic (exact) mass is 188 g/mol. The summed E-state index contributed by atoms with van der Waals surface area (Å²) in [6.07, 6.45) is 0. The highest BCUT2D eigenvalue weighted by Crippen LogP contribution is 2.29. The highest BCUT2D eigenvalue weighted by molar-refractivity contribution is 5.86. The molecule has 2 rings (SSSR count). The summed E-state index contributed by atoms with van der Waals surface area (Å²) < 4.78 is 0. The molecule has 0 saturated heterocycles. The van der Waals surface area contributed by atoms with Gasteiger partial charge in [0, 0.05) is 0 Å². The van der Waals surface area contributed by atoms with Crippen LogP contribution >= 0.6 is 0 Å². The lowest BCUT2D eigenvalue weighted by Gasteiger charge is -1.98. The molecule has 0 amide bonds. The van der Waals surface area contributed by atoms with E-state index >= 15 is 0 Å². The van der Waals surface area contributed by atoms with Crippen molar-refractivity contribution >= 4 is 16.5 Å². The largest absolute Gasteiger partial charge is 0.502 e. The van der Waals surface area contributed by atoms with Gasteiger partial charge < -0.3 is 5.11 Å². The van der Waals surface area contributed by atoms with Crippen molar-refractivity contribution < 1.29 is 10.0 Å². The van der Waals surface area contributed by atoms with Crippen molar-refractivity contribution in [1.29, 1.82) is 0 Å². The summed E-state index contributed by atoms with van der Waals surface area (Å²) >= 11 is 0. The van der Waals surface area contributed by atoms with Crippen LogP contribution in [0.2, 0.25) is 0 Å². The van der Waals surface area contributed by atoms with Gasteiger partial charge in [-0.05, 0) is 16.8 Å². The molecule has 4 nitrogen and oxygen atoms in total. The third-order valence-corrected chi connectivity index (χ3v) is 1.93. The second kappa shape index (κ2) is 2.99. The van der Waals surface area contributed by atoms with E-state index in [2.05, 4.69) is 6.07 Å². The lowest BCUT2D eigenvalue weighted by molar-refractivity contribution is -0.386. The fourth-order valence-corrected chi connectivity index (χ4v) is 1.28. The van der Waals surface area contributed by atoms with Crippen molar-refractivity contribution in [2.45, 2.75) is 0 Å². The molecule has 0 atom stereocenters. The number of aromatic hydroxyl groups is 1. The molecule has 4 heteroatoms. The maximum atomic E-state index is 10.5. The van der Waals surface area contributed by atoms with Crippen molar-refractivity contribution in [3.05, 3.63) is 46.5 Å². The van der Waals surface area contributed by atoms with Gasteiger partial charge in [0.15, 0.2) is 5.75 Å². The number of phenols is 1. The molecule has 2 aromatic carbocycles. The standard InChI is InChI=1S/C10H6NO3/c12-10-6-8-4-2-1-3-7(8)5-9(10)11(13)14/h1-4,6,12H. The van der Waals surface area contributed by atoms with Crippen LogP contribution in [0.4, 0.5) is 5.69 Å². The normalized spacial score (nSPS) is 10.3. The first kappa shape index (κ1) is 8.50. The Morgan fingerprint density at radius 3 is 2.79 bits per heavy atom. The van der Waals surface area contributed by atoms with E-state index in [-0.39, 0.29) is 11.4 Å². The molecule has 0 bridgehead atoms. The summed E-state index contributed by atoms with van der Waals surface area (Å²) in [7, 11) is 0. The fraction of sp³-hybridized carbons (Fsp3) is 0. The van der Waals surface area contributed by atoms with E-state index in [0.29, 0.717) is 5.39 Å². The van der Waals surface area contributed by atoms with Crippen LogP contribution in [0, 0.1) is 16.2 Å². The number of benzene rings is 2. The molecular weight excluding hydrogens is 182 g/mol. The highest BCUT2D eigenvalue weighted by atomic mass is 16.6. The maximum Gasteiger partial charge on any atom is 0.319 e. The van der Waals surface area contributed by atoms with Crippen molar-refractivity contribution in [1.82, 2.24) is 0 Å². The topological polar surface area (TPSA) is 63.4 Å². The van der Waals surface area contributed by atoms with Gasteiger partial charge in [-0.3, -0.25) is 10.1 Å². The third-order valence-electron chi connectivity index (χ3n) is 1.93. The minimum atomic E-state index is -0.651. The smallest absolute Gasteiger partial charge is 0.319 e. The van der Waals surface area contributed by atoms with Crippen LogP contribution in [-0.4, -0.2) is 10.0 Å². The summed E-state index contributed by atoms with van der Waals surface area (Å²) in [5.74, 6) is -0.353. The number of phenolic OH excluding ortho intramolecular Hbond substituents is 1. The quantitative estimate of drug-likeness (QED) is 0.551. The van der Waals surface area contributed by atoms with Crippen LogP contribution in [0.15, 0.2) is 30.3 Å². The lowest BCUT2D eigenvalue weighted by Crippen LogP contribution is -1.88. The fourth-order valence-electron chi connectivity index (χ4n) is 1.28. The average Bonchev–Trinajstić information content (AvgIpc) is 2.16. The van der Waals surface area contributed by atoms with Crippen molar-refractivity contribution in [2.75, 3.05) is 0 Å². The van der Waals surface area contributed by atoms with Crippen molar-refractivity contribution in [3.63, 3.8) is 0 Å². The zero-order valence-corrected chi connectivity index (χ0v) is 7.10. The molecule has 0 unspecified atom stereocenters. The van der Waals surface area contributed by atoms with Crippen LogP contribution in [0.25, 0.3) is 10.8 Å². The van der Waals surface area contributed by atoms with Gasteiger partial charge >= 0.3 is 5.69 Å². The minimum Gasteiger partial charge on any atom is -0.502 e. The molecule has 0 aliphatic rings. The van der Waals surface area contributed by atoms with Crippen LogP contribution in [0.3, 0.4) is 0 Å². The molecule has 0 heterocycles. The summed E-state index contributed by atoms with van der Waals surface area (Å²) in [6, 6.07) is 10.9. The van der Waals surface area contributed by atoms with Crippen LogP contribution in [0.5, 0.6) is 5.75 Å². The molecular formula is C10H6NO3. The van der Waals surface area contributed by atoms with Gasteiger partial charge in [-0.1, -0.05) is 24.3 Å². The van der Waals surface area contributed by atoms with Gasteiger partial charge in [-0.2, -0.15) is 0 Å². The predicted octanol–water partition coefficient (Wildman–Crippen LogP) is 2.25. The Bertz CT molecular complexity index is 508. The Balaban J connectivity index is 2.77. The van der Waals surface area contributed by atoms with Gasteiger partial charge in [0.2, 0.25) is 0 Å². The minimum absolute atomic E-state index is 0.353.